The number of nitrogens with one attached hydrogen (secondary N) is 1. The summed E-state index contributed by atoms with van der Waals surface area (Å²) in [6.07, 6.45) is 3.79. The van der Waals surface area contributed by atoms with Gasteiger partial charge in [-0.2, -0.15) is 0 Å². The zero-order chi connectivity index (χ0) is 25.9. The molecule has 2 atom stereocenters. The average molecular weight is 504 g/mol. The van der Waals surface area contributed by atoms with Crippen molar-refractivity contribution in [2.75, 3.05) is 38.6 Å². The van der Waals surface area contributed by atoms with Crippen LogP contribution in [0.3, 0.4) is 0 Å². The molecule has 8 heteroatoms. The van der Waals surface area contributed by atoms with Gasteiger partial charge < -0.3 is 19.7 Å². The third-order valence-corrected chi connectivity index (χ3v) is 7.50. The summed E-state index contributed by atoms with van der Waals surface area (Å²) < 4.78 is 11.7. The maximum absolute atomic E-state index is 13.5. The van der Waals surface area contributed by atoms with Crippen LogP contribution in [0.5, 0.6) is 11.5 Å². The minimum atomic E-state index is -0.659. The molecule has 3 aromatic carbocycles. The third kappa shape index (κ3) is 4.85. The fraction of sp³-hybridized carbons (Fsp3) is 0.414. The van der Waals surface area contributed by atoms with E-state index in [2.05, 4.69) is 10.2 Å². The molecule has 5 rings (SSSR count). The number of nitrogens with zero attached hydrogens (tertiary/aromatic N) is 2. The van der Waals surface area contributed by atoms with E-state index < -0.39 is 10.9 Å². The van der Waals surface area contributed by atoms with Crippen molar-refractivity contribution in [2.24, 2.45) is 0 Å². The van der Waals surface area contributed by atoms with E-state index in [1.54, 1.807) is 18.2 Å². The maximum Gasteiger partial charge on any atom is 0.272 e. The molecule has 8 nitrogen and oxygen atoms in total. The highest BCUT2D eigenvalue weighted by Crippen LogP contribution is 2.35. The molecule has 2 aliphatic rings. The number of anilines is 2. The van der Waals surface area contributed by atoms with Gasteiger partial charge in [0.15, 0.2) is 11.5 Å². The quantitative estimate of drug-likeness (QED) is 0.467. The van der Waals surface area contributed by atoms with Gasteiger partial charge in [-0.15, -0.1) is 0 Å². The number of rotatable bonds is 8. The van der Waals surface area contributed by atoms with Crippen LogP contribution < -0.4 is 25.6 Å². The van der Waals surface area contributed by atoms with Gasteiger partial charge in [0.1, 0.15) is 11.8 Å². The molecule has 0 spiro atoms. The SMILES string of the molecule is CC[C@@H](Oc1c(Nc2cccc(C(=O)N3CCN4CCCCC4C3)c2OC)c(=O)c1=O)c1ccccc1. The van der Waals surface area contributed by atoms with Crippen LogP contribution in [0, 0.1) is 0 Å². The van der Waals surface area contributed by atoms with Crippen LogP contribution in [0.2, 0.25) is 0 Å². The number of carbonyl (C=O) groups excluding carboxylic acids is 1. The zero-order valence-corrected chi connectivity index (χ0v) is 21.4. The molecule has 2 aliphatic heterocycles. The predicted molar refractivity (Wildman–Crippen MR) is 143 cm³/mol. The van der Waals surface area contributed by atoms with E-state index in [9.17, 15) is 14.4 Å². The Labute approximate surface area is 216 Å². The van der Waals surface area contributed by atoms with Crippen LogP contribution >= 0.6 is 0 Å². The highest BCUT2D eigenvalue weighted by atomic mass is 16.5. The standard InChI is InChI=1S/C29H33N3O5/c1-3-23(19-10-5-4-6-11-19)37-28-24(25(33)26(28)34)30-22-14-9-13-21(27(22)36-2)29(35)32-17-16-31-15-8-7-12-20(31)18-32/h4-6,9-11,13-14,20,23,30H,3,7-8,12,15-18H2,1-2H3/t20?,23-/m1/s1. The van der Waals surface area contributed by atoms with Crippen LogP contribution in [0.4, 0.5) is 11.4 Å². The molecular formula is C29H33N3O5. The van der Waals surface area contributed by atoms with E-state index in [1.807, 2.05) is 42.2 Å². The maximum atomic E-state index is 13.5. The largest absolute Gasteiger partial charge is 0.494 e. The molecule has 0 aliphatic carbocycles. The normalized spacial score (nSPS) is 18.8. The molecule has 0 saturated carbocycles. The number of amides is 1. The zero-order valence-electron chi connectivity index (χ0n) is 21.4. The van der Waals surface area contributed by atoms with E-state index in [1.165, 1.54) is 20.0 Å². The Kier molecular flexibility index (Phi) is 7.28. The second kappa shape index (κ2) is 10.8. The van der Waals surface area contributed by atoms with Crippen molar-refractivity contribution in [3.05, 3.63) is 80.1 Å². The van der Waals surface area contributed by atoms with E-state index in [0.29, 0.717) is 42.6 Å². The van der Waals surface area contributed by atoms with Gasteiger partial charge in [0.25, 0.3) is 16.8 Å². The number of piperidine rings is 1. The number of fused-ring (bicyclic) bond motifs is 1. The van der Waals surface area contributed by atoms with Gasteiger partial charge in [0.2, 0.25) is 0 Å². The minimum absolute atomic E-state index is 0.00732. The lowest BCUT2D eigenvalue weighted by Crippen LogP contribution is -2.56. The monoisotopic (exact) mass is 503 g/mol. The van der Waals surface area contributed by atoms with Crippen molar-refractivity contribution in [3.63, 3.8) is 0 Å². The third-order valence-electron chi connectivity index (χ3n) is 7.50. The van der Waals surface area contributed by atoms with Crippen LogP contribution in [-0.2, 0) is 0 Å². The molecule has 37 heavy (non-hydrogen) atoms. The van der Waals surface area contributed by atoms with Crippen molar-refractivity contribution in [3.8, 4) is 11.5 Å². The van der Waals surface area contributed by atoms with Gasteiger partial charge in [-0.1, -0.05) is 49.7 Å². The first kappa shape index (κ1) is 25.0. The Hall–Kier alpha value is -3.65. The molecule has 1 N–H and O–H groups in total. The van der Waals surface area contributed by atoms with Crippen LogP contribution in [0.15, 0.2) is 58.1 Å². The predicted octanol–water partition coefficient (Wildman–Crippen LogP) is 3.88. The molecule has 2 heterocycles. The molecule has 1 unspecified atom stereocenters. The number of methoxy groups -OCH3 is 1. The second-order valence-electron chi connectivity index (χ2n) is 9.74. The number of hydrogen-bond donors (Lipinski definition) is 1. The molecule has 2 saturated heterocycles. The summed E-state index contributed by atoms with van der Waals surface area (Å²) in [5.41, 5.74) is 0.562. The first-order valence-corrected chi connectivity index (χ1v) is 13.0. The number of piperazine rings is 1. The lowest BCUT2D eigenvalue weighted by Gasteiger charge is -2.44. The summed E-state index contributed by atoms with van der Waals surface area (Å²) in [5, 5.41) is 3.03. The number of carbonyl (C=O) groups is 1. The molecule has 1 amide bonds. The first-order valence-electron chi connectivity index (χ1n) is 13.0. The number of para-hydroxylation sites is 1. The van der Waals surface area contributed by atoms with Gasteiger partial charge >= 0.3 is 0 Å². The summed E-state index contributed by atoms with van der Waals surface area (Å²) in [5.74, 6) is 0.253. The summed E-state index contributed by atoms with van der Waals surface area (Å²) in [4.78, 5) is 42.9. The first-order chi connectivity index (χ1) is 18.0. The molecule has 194 valence electrons. The number of ether oxygens (including phenoxy) is 2. The Morgan fingerprint density at radius 1 is 1.00 bits per heavy atom. The Morgan fingerprint density at radius 2 is 1.81 bits per heavy atom. The van der Waals surface area contributed by atoms with E-state index in [4.69, 9.17) is 9.47 Å². The molecule has 3 aromatic rings. The fourth-order valence-corrected chi connectivity index (χ4v) is 5.46. The molecule has 0 aromatic heterocycles. The number of hydrogen-bond acceptors (Lipinski definition) is 7. The summed E-state index contributed by atoms with van der Waals surface area (Å²) >= 11 is 0. The Bertz CT molecular complexity index is 1330. The summed E-state index contributed by atoms with van der Waals surface area (Å²) in [7, 11) is 1.50. The van der Waals surface area contributed by atoms with Crippen LogP contribution in [-0.4, -0.2) is 55.0 Å². The van der Waals surface area contributed by atoms with Crippen molar-refractivity contribution in [1.82, 2.24) is 9.80 Å². The van der Waals surface area contributed by atoms with Crippen molar-refractivity contribution >= 4 is 17.3 Å². The molecule has 0 radical (unpaired) electrons. The molecular weight excluding hydrogens is 470 g/mol. The number of benzene rings is 2. The Morgan fingerprint density at radius 3 is 2.57 bits per heavy atom. The molecule has 0 bridgehead atoms. The van der Waals surface area contributed by atoms with E-state index in [0.717, 1.165) is 25.1 Å². The van der Waals surface area contributed by atoms with Gasteiger partial charge in [0.05, 0.1) is 18.4 Å². The lowest BCUT2D eigenvalue weighted by atomic mass is 9.99. The van der Waals surface area contributed by atoms with Crippen molar-refractivity contribution in [1.29, 1.82) is 0 Å². The van der Waals surface area contributed by atoms with Gasteiger partial charge in [-0.05, 0) is 43.5 Å². The van der Waals surface area contributed by atoms with Crippen LogP contribution in [0.25, 0.3) is 0 Å². The summed E-state index contributed by atoms with van der Waals surface area (Å²) in [6, 6.07) is 15.2. The lowest BCUT2D eigenvalue weighted by molar-refractivity contribution is 0.0370. The molecule has 2 fully saturated rings. The van der Waals surface area contributed by atoms with E-state index in [-0.39, 0.29) is 23.4 Å². The average Bonchev–Trinajstić information content (AvgIpc) is 2.96. The van der Waals surface area contributed by atoms with E-state index >= 15 is 0 Å². The second-order valence-corrected chi connectivity index (χ2v) is 9.74. The van der Waals surface area contributed by atoms with Gasteiger partial charge in [0, 0.05) is 25.7 Å². The van der Waals surface area contributed by atoms with Crippen molar-refractivity contribution < 1.29 is 14.3 Å². The smallest absolute Gasteiger partial charge is 0.272 e. The highest BCUT2D eigenvalue weighted by Gasteiger charge is 2.33. The highest BCUT2D eigenvalue weighted by molar-refractivity contribution is 5.99. The van der Waals surface area contributed by atoms with Gasteiger partial charge in [-0.3, -0.25) is 19.3 Å². The summed E-state index contributed by atoms with van der Waals surface area (Å²) in [6.45, 7) is 5.31. The van der Waals surface area contributed by atoms with Gasteiger partial charge in [-0.25, -0.2) is 0 Å². The minimum Gasteiger partial charge on any atom is -0.494 e. The fourth-order valence-electron chi connectivity index (χ4n) is 5.46. The topological polar surface area (TPSA) is 88.2 Å². The Balaban J connectivity index is 1.38. The van der Waals surface area contributed by atoms with Crippen molar-refractivity contribution in [2.45, 2.75) is 44.8 Å². The van der Waals surface area contributed by atoms with Crippen LogP contribution in [0.1, 0.15) is 54.6 Å².